The quantitative estimate of drug-likeness (QED) is 0.798. The van der Waals surface area contributed by atoms with Crippen LogP contribution in [0.1, 0.15) is 38.2 Å². The zero-order valence-corrected chi connectivity index (χ0v) is 11.2. The van der Waals surface area contributed by atoms with Crippen LogP contribution in [0.25, 0.3) is 0 Å². The summed E-state index contributed by atoms with van der Waals surface area (Å²) in [5.74, 6) is -1.21. The third kappa shape index (κ3) is 2.62. The Morgan fingerprint density at radius 2 is 1.79 bits per heavy atom. The normalized spacial score (nSPS) is 19.3. The number of benzene rings is 1. The second kappa shape index (κ2) is 5.03. The molecule has 19 heavy (non-hydrogen) atoms. The van der Waals surface area contributed by atoms with Crippen molar-refractivity contribution in [2.45, 2.75) is 38.6 Å². The molecule has 1 aliphatic rings. The highest BCUT2D eigenvalue weighted by Crippen LogP contribution is 2.46. The minimum Gasteiger partial charge on any atom is -0.480 e. The Hall–Kier alpha value is -1.84. The number of carboxylic acids is 1. The van der Waals surface area contributed by atoms with E-state index in [-0.39, 0.29) is 17.9 Å². The van der Waals surface area contributed by atoms with Gasteiger partial charge >= 0.3 is 5.97 Å². The Morgan fingerprint density at radius 3 is 2.26 bits per heavy atom. The molecular weight excluding hydrogens is 242 g/mol. The largest absolute Gasteiger partial charge is 0.480 e. The highest BCUT2D eigenvalue weighted by Gasteiger charge is 2.57. The molecule has 0 aromatic heterocycles. The lowest BCUT2D eigenvalue weighted by molar-refractivity contribution is -0.149. The molecule has 102 valence electrons. The number of carboxylic acid groups (broad SMARTS) is 1. The molecule has 1 aromatic rings. The lowest BCUT2D eigenvalue weighted by Gasteiger charge is -2.23. The van der Waals surface area contributed by atoms with Gasteiger partial charge in [0, 0.05) is 12.0 Å². The first-order chi connectivity index (χ1) is 8.97. The van der Waals surface area contributed by atoms with Gasteiger partial charge in [-0.2, -0.15) is 0 Å². The SMILES string of the molecule is CC(NC(=O)C1(C(=O)O)CC1)C(C)c1ccccc1. The van der Waals surface area contributed by atoms with Crippen molar-refractivity contribution in [2.75, 3.05) is 0 Å². The Bertz CT molecular complexity index is 479. The van der Waals surface area contributed by atoms with Crippen molar-refractivity contribution in [3.05, 3.63) is 35.9 Å². The molecule has 0 saturated heterocycles. The van der Waals surface area contributed by atoms with E-state index in [0.29, 0.717) is 12.8 Å². The number of hydrogen-bond acceptors (Lipinski definition) is 2. The second-order valence-corrected chi connectivity index (χ2v) is 5.35. The van der Waals surface area contributed by atoms with E-state index in [9.17, 15) is 9.59 Å². The van der Waals surface area contributed by atoms with Crippen LogP contribution in [0.3, 0.4) is 0 Å². The van der Waals surface area contributed by atoms with Crippen LogP contribution in [0.4, 0.5) is 0 Å². The number of hydrogen-bond donors (Lipinski definition) is 2. The van der Waals surface area contributed by atoms with Gasteiger partial charge in [-0.3, -0.25) is 9.59 Å². The fourth-order valence-electron chi connectivity index (χ4n) is 2.18. The van der Waals surface area contributed by atoms with Crippen LogP contribution in [-0.4, -0.2) is 23.0 Å². The van der Waals surface area contributed by atoms with E-state index >= 15 is 0 Å². The summed E-state index contributed by atoms with van der Waals surface area (Å²) >= 11 is 0. The number of carbonyl (C=O) groups excluding carboxylic acids is 1. The van der Waals surface area contributed by atoms with Gasteiger partial charge in [-0.15, -0.1) is 0 Å². The number of rotatable bonds is 5. The molecule has 1 aromatic carbocycles. The van der Waals surface area contributed by atoms with E-state index in [2.05, 4.69) is 5.32 Å². The summed E-state index contributed by atoms with van der Waals surface area (Å²) in [6, 6.07) is 9.80. The Morgan fingerprint density at radius 1 is 1.21 bits per heavy atom. The summed E-state index contributed by atoms with van der Waals surface area (Å²) in [6.07, 6.45) is 0.890. The van der Waals surface area contributed by atoms with Gasteiger partial charge in [0.15, 0.2) is 0 Å². The Balaban J connectivity index is 2.00. The number of nitrogens with one attached hydrogen (secondary N) is 1. The predicted molar refractivity (Wildman–Crippen MR) is 71.8 cm³/mol. The summed E-state index contributed by atoms with van der Waals surface area (Å²) in [4.78, 5) is 23.1. The molecule has 0 radical (unpaired) electrons. The van der Waals surface area contributed by atoms with Crippen LogP contribution < -0.4 is 5.32 Å². The van der Waals surface area contributed by atoms with Crippen LogP contribution in [0.2, 0.25) is 0 Å². The molecule has 2 N–H and O–H groups in total. The minimum absolute atomic E-state index is 0.0910. The molecule has 1 fully saturated rings. The van der Waals surface area contributed by atoms with Crippen molar-refractivity contribution < 1.29 is 14.7 Å². The third-order valence-electron chi connectivity index (χ3n) is 4.03. The van der Waals surface area contributed by atoms with Crippen LogP contribution in [0.15, 0.2) is 30.3 Å². The van der Waals surface area contributed by atoms with Crippen LogP contribution in [0, 0.1) is 5.41 Å². The van der Waals surface area contributed by atoms with Crippen LogP contribution in [0.5, 0.6) is 0 Å². The van der Waals surface area contributed by atoms with Crippen molar-refractivity contribution in [3.63, 3.8) is 0 Å². The fourth-order valence-corrected chi connectivity index (χ4v) is 2.18. The second-order valence-electron chi connectivity index (χ2n) is 5.35. The molecule has 0 heterocycles. The topological polar surface area (TPSA) is 66.4 Å². The maximum atomic E-state index is 12.0. The lowest BCUT2D eigenvalue weighted by atomic mass is 9.93. The Kier molecular flexibility index (Phi) is 3.60. The van der Waals surface area contributed by atoms with E-state index in [1.165, 1.54) is 0 Å². The molecule has 0 bridgehead atoms. The molecule has 1 saturated carbocycles. The third-order valence-corrected chi connectivity index (χ3v) is 4.03. The summed E-state index contributed by atoms with van der Waals surface area (Å²) in [5, 5.41) is 11.9. The van der Waals surface area contributed by atoms with Gasteiger partial charge in [0.25, 0.3) is 0 Å². The first kappa shape index (κ1) is 13.6. The van der Waals surface area contributed by atoms with Crippen molar-refractivity contribution in [3.8, 4) is 0 Å². The summed E-state index contributed by atoms with van der Waals surface area (Å²) in [5.41, 5.74) is -0.0273. The van der Waals surface area contributed by atoms with E-state index in [1.54, 1.807) is 0 Å². The number of amides is 1. The molecule has 0 aliphatic heterocycles. The maximum absolute atomic E-state index is 12.0. The van der Waals surface area contributed by atoms with Gasteiger partial charge in [0.2, 0.25) is 5.91 Å². The predicted octanol–water partition coefficient (Wildman–Crippen LogP) is 2.16. The standard InChI is InChI=1S/C15H19NO3/c1-10(12-6-4-3-5-7-12)11(2)16-13(17)15(8-9-15)14(18)19/h3-7,10-11H,8-9H2,1-2H3,(H,16,17)(H,18,19). The molecule has 2 unspecified atom stereocenters. The van der Waals surface area contributed by atoms with Gasteiger partial charge in [-0.1, -0.05) is 37.3 Å². The molecule has 2 atom stereocenters. The van der Waals surface area contributed by atoms with Crippen molar-refractivity contribution >= 4 is 11.9 Å². The van der Waals surface area contributed by atoms with Gasteiger partial charge in [-0.05, 0) is 25.3 Å². The zero-order valence-electron chi connectivity index (χ0n) is 11.2. The fraction of sp³-hybridized carbons (Fsp3) is 0.467. The summed E-state index contributed by atoms with van der Waals surface area (Å²) < 4.78 is 0. The van der Waals surface area contributed by atoms with Gasteiger partial charge in [0.05, 0.1) is 0 Å². The van der Waals surface area contributed by atoms with Gasteiger partial charge < -0.3 is 10.4 Å². The van der Waals surface area contributed by atoms with E-state index in [0.717, 1.165) is 5.56 Å². The number of aliphatic carboxylic acids is 1. The molecule has 4 nitrogen and oxygen atoms in total. The first-order valence-corrected chi connectivity index (χ1v) is 6.57. The molecular formula is C15H19NO3. The summed E-state index contributed by atoms with van der Waals surface area (Å²) in [6.45, 7) is 3.94. The Labute approximate surface area is 112 Å². The van der Waals surface area contributed by atoms with Gasteiger partial charge in [0.1, 0.15) is 5.41 Å². The molecule has 1 amide bonds. The molecule has 1 aliphatic carbocycles. The monoisotopic (exact) mass is 261 g/mol. The number of carbonyl (C=O) groups is 2. The van der Waals surface area contributed by atoms with Crippen molar-refractivity contribution in [2.24, 2.45) is 5.41 Å². The molecule has 4 heteroatoms. The van der Waals surface area contributed by atoms with Crippen LogP contribution in [-0.2, 0) is 9.59 Å². The van der Waals surface area contributed by atoms with E-state index in [1.807, 2.05) is 44.2 Å². The van der Waals surface area contributed by atoms with Gasteiger partial charge in [-0.25, -0.2) is 0 Å². The molecule has 2 rings (SSSR count). The van der Waals surface area contributed by atoms with E-state index in [4.69, 9.17) is 5.11 Å². The van der Waals surface area contributed by atoms with Crippen LogP contribution >= 0.6 is 0 Å². The van der Waals surface area contributed by atoms with Crippen molar-refractivity contribution in [1.29, 1.82) is 0 Å². The minimum atomic E-state index is -1.16. The highest BCUT2D eigenvalue weighted by molar-refractivity contribution is 6.04. The maximum Gasteiger partial charge on any atom is 0.319 e. The highest BCUT2D eigenvalue weighted by atomic mass is 16.4. The van der Waals surface area contributed by atoms with Crippen molar-refractivity contribution in [1.82, 2.24) is 5.32 Å². The average molecular weight is 261 g/mol. The molecule has 0 spiro atoms. The smallest absolute Gasteiger partial charge is 0.319 e. The zero-order chi connectivity index (χ0) is 14.0. The van der Waals surface area contributed by atoms with E-state index < -0.39 is 11.4 Å². The first-order valence-electron chi connectivity index (χ1n) is 6.57. The average Bonchev–Trinajstić information content (AvgIpc) is 3.20. The lowest BCUT2D eigenvalue weighted by Crippen LogP contribution is -2.43. The summed E-state index contributed by atoms with van der Waals surface area (Å²) in [7, 11) is 0.